The molecule has 3 aromatic rings. The highest BCUT2D eigenvalue weighted by Crippen LogP contribution is 2.27. The highest BCUT2D eigenvalue weighted by Gasteiger charge is 2.33. The Balaban J connectivity index is 1.73. The number of nitrogens with two attached hydrogens (primary N) is 3. The van der Waals surface area contributed by atoms with Crippen molar-refractivity contribution in [1.29, 1.82) is 0 Å². The average Bonchev–Trinajstić information content (AvgIpc) is 3.30. The number of nitrogens with zero attached hydrogens (tertiary/aromatic N) is 1. The second-order valence-corrected chi connectivity index (χ2v) is 17.7. The third-order valence-corrected chi connectivity index (χ3v) is 12.2. The largest absolute Gasteiger partial charge is 0.508 e. The number of Topliss-reactive ketones (excluding diaryl/α,β-unsaturated/α-hetero) is 8. The van der Waals surface area contributed by atoms with E-state index < -0.39 is 65.7 Å². The third kappa shape index (κ3) is 20.6. The number of phenolic OH excluding ortho intramolecular Hbond substituents is 1. The molecular formula is C52H68N4O11. The molecule has 0 aliphatic carbocycles. The number of aliphatic imine (C=N–C) groups is 1. The molecule has 67 heavy (non-hydrogen) atoms. The summed E-state index contributed by atoms with van der Waals surface area (Å²) in [5, 5.41) is 29.9. The van der Waals surface area contributed by atoms with E-state index >= 15 is 0 Å². The number of phenols is 1. The molecule has 7 atom stereocenters. The number of guanidine groups is 1. The Morgan fingerprint density at radius 1 is 0.552 bits per heavy atom. The average molecular weight is 925 g/mol. The number of rotatable bonds is 34. The van der Waals surface area contributed by atoms with Crippen LogP contribution >= 0.6 is 0 Å². The van der Waals surface area contributed by atoms with Crippen LogP contribution in [0.15, 0.2) is 89.9 Å². The molecule has 0 aromatic heterocycles. The van der Waals surface area contributed by atoms with Crippen molar-refractivity contribution in [3.05, 3.63) is 102 Å². The first-order valence-electron chi connectivity index (χ1n) is 23.0. The number of carbonyl (C=O) groups is 8. The first-order chi connectivity index (χ1) is 31.9. The minimum atomic E-state index is -1.19. The fraction of sp³-hybridized carbons (Fsp3) is 0.481. The van der Waals surface area contributed by atoms with E-state index in [4.69, 9.17) is 17.2 Å². The van der Waals surface area contributed by atoms with Crippen LogP contribution in [0, 0.1) is 29.6 Å². The Kier molecular flexibility index (Phi) is 23.8. The molecule has 7 unspecified atom stereocenters. The van der Waals surface area contributed by atoms with Gasteiger partial charge in [-0.25, -0.2) is 0 Å². The van der Waals surface area contributed by atoms with Crippen molar-refractivity contribution >= 4 is 52.2 Å². The van der Waals surface area contributed by atoms with Gasteiger partial charge in [-0.15, -0.1) is 0 Å². The number of benzene rings is 3. The Hall–Kier alpha value is -6.03. The number of hydrogen-bond donors (Lipinski definition) is 6. The summed E-state index contributed by atoms with van der Waals surface area (Å²) in [6.45, 7) is 2.43. The smallest absolute Gasteiger partial charge is 0.185 e. The van der Waals surface area contributed by atoms with Gasteiger partial charge in [-0.1, -0.05) is 72.8 Å². The highest BCUT2D eigenvalue weighted by atomic mass is 16.3. The second-order valence-electron chi connectivity index (χ2n) is 17.7. The van der Waals surface area contributed by atoms with Crippen LogP contribution in [0.2, 0.25) is 0 Å². The Morgan fingerprint density at radius 3 is 1.46 bits per heavy atom. The van der Waals surface area contributed by atoms with Crippen LogP contribution in [0.4, 0.5) is 0 Å². The first kappa shape index (κ1) is 55.3. The zero-order valence-corrected chi connectivity index (χ0v) is 38.7. The van der Waals surface area contributed by atoms with Gasteiger partial charge in [0.15, 0.2) is 11.7 Å². The molecule has 0 fully saturated rings. The summed E-state index contributed by atoms with van der Waals surface area (Å²) in [7, 11) is 0. The Labute approximate surface area is 393 Å². The van der Waals surface area contributed by atoms with Crippen molar-refractivity contribution in [2.75, 3.05) is 13.2 Å². The summed E-state index contributed by atoms with van der Waals surface area (Å²) in [4.78, 5) is 111. The predicted octanol–water partition coefficient (Wildman–Crippen LogP) is 4.34. The summed E-state index contributed by atoms with van der Waals surface area (Å²) in [6, 6.07) is 23.2. The lowest BCUT2D eigenvalue weighted by atomic mass is 9.79. The molecule has 15 heteroatoms. The molecule has 0 bridgehead atoms. The fourth-order valence-corrected chi connectivity index (χ4v) is 8.01. The summed E-state index contributed by atoms with van der Waals surface area (Å²) < 4.78 is 0. The summed E-state index contributed by atoms with van der Waals surface area (Å²) in [5.74, 6) is -7.43. The highest BCUT2D eigenvalue weighted by molar-refractivity contribution is 5.96. The van der Waals surface area contributed by atoms with Crippen LogP contribution in [0.3, 0.4) is 0 Å². The summed E-state index contributed by atoms with van der Waals surface area (Å²) in [5.41, 5.74) is 18.9. The van der Waals surface area contributed by atoms with E-state index in [2.05, 4.69) is 4.99 Å². The molecule has 15 nitrogen and oxygen atoms in total. The molecule has 0 amide bonds. The third-order valence-electron chi connectivity index (χ3n) is 12.2. The van der Waals surface area contributed by atoms with Crippen LogP contribution in [0.1, 0.15) is 101 Å². The lowest BCUT2D eigenvalue weighted by Gasteiger charge is -2.23. The minimum Gasteiger partial charge on any atom is -0.508 e. The maximum Gasteiger partial charge on any atom is 0.185 e. The van der Waals surface area contributed by atoms with Crippen molar-refractivity contribution in [1.82, 2.24) is 0 Å². The number of aliphatic hydroxyl groups excluding tert-OH is 2. The SMILES string of the molecule is CC(=O)C(CCCN=C(N)N)CC(=O)C(CO)CC(=O)CCC(=O)CCC(=O)C(CC(=O)C(CC(=O)C(CC(=O)C(N)C(C)O)Cc1ccccc1)Cc1ccccc1)Cc1ccc(O)cc1. The molecule has 9 N–H and O–H groups in total. The second kappa shape index (κ2) is 28.9. The zero-order chi connectivity index (χ0) is 49.5. The molecule has 0 radical (unpaired) electrons. The van der Waals surface area contributed by atoms with Gasteiger partial charge < -0.3 is 32.5 Å². The van der Waals surface area contributed by atoms with Crippen LogP contribution in [0.25, 0.3) is 0 Å². The van der Waals surface area contributed by atoms with E-state index in [1.54, 1.807) is 12.1 Å². The van der Waals surface area contributed by atoms with Crippen molar-refractivity contribution < 1.29 is 53.7 Å². The summed E-state index contributed by atoms with van der Waals surface area (Å²) >= 11 is 0. The molecule has 0 spiro atoms. The molecule has 0 heterocycles. The molecule has 362 valence electrons. The molecule has 0 saturated heterocycles. The van der Waals surface area contributed by atoms with Gasteiger partial charge in [0.1, 0.15) is 46.2 Å². The molecular weight excluding hydrogens is 857 g/mol. The molecule has 0 saturated carbocycles. The maximum atomic E-state index is 14.5. The van der Waals surface area contributed by atoms with E-state index in [0.717, 1.165) is 11.1 Å². The van der Waals surface area contributed by atoms with Gasteiger partial charge in [0.2, 0.25) is 0 Å². The van der Waals surface area contributed by atoms with E-state index in [0.29, 0.717) is 18.4 Å². The van der Waals surface area contributed by atoms with Gasteiger partial charge in [-0.05, 0) is 74.8 Å². The van der Waals surface area contributed by atoms with Crippen molar-refractivity contribution in [3.63, 3.8) is 0 Å². The van der Waals surface area contributed by atoms with E-state index in [9.17, 15) is 53.7 Å². The van der Waals surface area contributed by atoms with Crippen molar-refractivity contribution in [3.8, 4) is 5.75 Å². The van der Waals surface area contributed by atoms with Gasteiger partial charge >= 0.3 is 0 Å². The van der Waals surface area contributed by atoms with E-state index in [1.807, 2.05) is 60.7 Å². The lowest BCUT2D eigenvalue weighted by molar-refractivity contribution is -0.134. The van der Waals surface area contributed by atoms with Crippen LogP contribution in [-0.4, -0.2) is 92.8 Å². The fourth-order valence-electron chi connectivity index (χ4n) is 8.01. The van der Waals surface area contributed by atoms with Crippen molar-refractivity contribution in [2.45, 2.75) is 116 Å². The minimum absolute atomic E-state index is 0.00754. The number of aliphatic hydroxyl groups is 2. The topological polar surface area (TPSA) is 288 Å². The van der Waals surface area contributed by atoms with Gasteiger partial charge in [0.25, 0.3) is 0 Å². The Bertz CT molecular complexity index is 2140. The summed E-state index contributed by atoms with van der Waals surface area (Å²) in [6.07, 6.45) is -1.94. The van der Waals surface area contributed by atoms with Crippen LogP contribution in [-0.2, 0) is 57.6 Å². The predicted molar refractivity (Wildman–Crippen MR) is 253 cm³/mol. The number of carbonyl (C=O) groups excluding carboxylic acids is 8. The Morgan fingerprint density at radius 2 is 0.985 bits per heavy atom. The van der Waals surface area contributed by atoms with Gasteiger partial charge in [0.05, 0.1) is 18.8 Å². The molecule has 0 aliphatic heterocycles. The van der Waals surface area contributed by atoms with Crippen molar-refractivity contribution in [2.24, 2.45) is 51.8 Å². The number of hydrogen-bond acceptors (Lipinski definition) is 13. The number of ketones is 8. The molecule has 3 aromatic carbocycles. The lowest BCUT2D eigenvalue weighted by Crippen LogP contribution is -2.42. The van der Waals surface area contributed by atoms with E-state index in [-0.39, 0.29) is 124 Å². The quantitative estimate of drug-likeness (QED) is 0.0276. The maximum absolute atomic E-state index is 14.5. The van der Waals surface area contributed by atoms with Gasteiger partial charge in [-0.2, -0.15) is 0 Å². The molecule has 0 aliphatic rings. The van der Waals surface area contributed by atoms with Crippen LogP contribution in [0.5, 0.6) is 5.75 Å². The van der Waals surface area contributed by atoms with Crippen LogP contribution < -0.4 is 17.2 Å². The normalized spacial score (nSPS) is 14.3. The van der Waals surface area contributed by atoms with Gasteiger partial charge in [0, 0.05) is 93.9 Å². The number of aromatic hydroxyl groups is 1. The zero-order valence-electron chi connectivity index (χ0n) is 38.7. The first-order valence-corrected chi connectivity index (χ1v) is 23.0. The molecule has 3 rings (SSSR count). The standard InChI is InChI=1S/C52H68N4O11/c1-33(58)38(14-9-23-56-52(54)55)28-49(66)42(32-57)27-45(62)20-19-44(61)21-22-46(63)39(26-37-15-17-43(60)18-16-37)29-47(64)40(24-35-10-5-3-6-11-35)30-48(65)41(25-36-12-7-4-8-13-36)31-50(67)51(53)34(2)59/h3-8,10-13,15-18,34,38-42,51,57,59-60H,9,14,19-32,53H2,1-2H3,(H4,54,55,56). The van der Waals surface area contributed by atoms with E-state index in [1.165, 1.54) is 26.0 Å². The monoisotopic (exact) mass is 924 g/mol. The van der Waals surface area contributed by atoms with Gasteiger partial charge in [-0.3, -0.25) is 43.3 Å².